The summed E-state index contributed by atoms with van der Waals surface area (Å²) in [4.78, 5) is 0. The predicted molar refractivity (Wildman–Crippen MR) is 78.9 cm³/mol. The standard InChI is InChI=1S/C16H20N4/c1-11(2)15-14(10-17)18-19-20(15)13-8-6-12(7-9-13)16(3,4)5/h6-9,11H,1-5H3. The van der Waals surface area contributed by atoms with Crippen molar-refractivity contribution in [3.8, 4) is 11.8 Å². The number of hydrogen-bond acceptors (Lipinski definition) is 3. The molecule has 0 bridgehead atoms. The first-order chi connectivity index (χ1) is 9.34. The zero-order valence-corrected chi connectivity index (χ0v) is 12.7. The van der Waals surface area contributed by atoms with Gasteiger partial charge in [0, 0.05) is 0 Å². The molecule has 0 spiro atoms. The Morgan fingerprint density at radius 1 is 1.15 bits per heavy atom. The molecule has 0 unspecified atom stereocenters. The summed E-state index contributed by atoms with van der Waals surface area (Å²) >= 11 is 0. The van der Waals surface area contributed by atoms with Crippen LogP contribution >= 0.6 is 0 Å². The van der Waals surface area contributed by atoms with Gasteiger partial charge in [0.15, 0.2) is 5.69 Å². The molecule has 4 heteroatoms. The maximum Gasteiger partial charge on any atom is 0.186 e. The first-order valence-electron chi connectivity index (χ1n) is 6.81. The van der Waals surface area contributed by atoms with E-state index in [2.05, 4.69) is 49.3 Å². The van der Waals surface area contributed by atoms with Gasteiger partial charge >= 0.3 is 0 Å². The Morgan fingerprint density at radius 2 is 1.75 bits per heavy atom. The lowest BCUT2D eigenvalue weighted by atomic mass is 9.87. The first kappa shape index (κ1) is 14.3. The number of rotatable bonds is 2. The van der Waals surface area contributed by atoms with Crippen LogP contribution in [0.2, 0.25) is 0 Å². The topological polar surface area (TPSA) is 54.5 Å². The monoisotopic (exact) mass is 268 g/mol. The molecule has 1 heterocycles. The van der Waals surface area contributed by atoms with E-state index in [1.54, 1.807) is 4.68 Å². The van der Waals surface area contributed by atoms with Gasteiger partial charge in [-0.3, -0.25) is 0 Å². The van der Waals surface area contributed by atoms with E-state index in [-0.39, 0.29) is 11.3 Å². The summed E-state index contributed by atoms with van der Waals surface area (Å²) in [7, 11) is 0. The van der Waals surface area contributed by atoms with Crippen molar-refractivity contribution in [3.63, 3.8) is 0 Å². The molecule has 2 rings (SSSR count). The molecule has 0 aliphatic rings. The summed E-state index contributed by atoms with van der Waals surface area (Å²) in [6.07, 6.45) is 0. The van der Waals surface area contributed by atoms with Crippen molar-refractivity contribution in [2.75, 3.05) is 0 Å². The summed E-state index contributed by atoms with van der Waals surface area (Å²) in [5.41, 5.74) is 3.60. The third kappa shape index (κ3) is 2.57. The molecule has 0 aliphatic heterocycles. The largest absolute Gasteiger partial charge is 0.216 e. The van der Waals surface area contributed by atoms with E-state index in [9.17, 15) is 0 Å². The quantitative estimate of drug-likeness (QED) is 0.836. The van der Waals surface area contributed by atoms with Gasteiger partial charge in [0.2, 0.25) is 0 Å². The van der Waals surface area contributed by atoms with Gasteiger partial charge in [0.05, 0.1) is 11.4 Å². The van der Waals surface area contributed by atoms with Gasteiger partial charge in [-0.25, -0.2) is 4.68 Å². The number of nitrogens with zero attached hydrogens (tertiary/aromatic N) is 4. The Balaban J connectivity index is 2.48. The zero-order valence-electron chi connectivity index (χ0n) is 12.7. The number of nitriles is 1. The molecule has 104 valence electrons. The molecule has 0 saturated heterocycles. The SMILES string of the molecule is CC(C)c1c(C#N)nnn1-c1ccc(C(C)(C)C)cc1. The van der Waals surface area contributed by atoms with E-state index in [4.69, 9.17) is 5.26 Å². The van der Waals surface area contributed by atoms with Crippen molar-refractivity contribution in [3.05, 3.63) is 41.2 Å². The molecule has 0 aliphatic carbocycles. The average molecular weight is 268 g/mol. The smallest absolute Gasteiger partial charge is 0.186 e. The minimum atomic E-state index is 0.125. The van der Waals surface area contributed by atoms with E-state index < -0.39 is 0 Å². The van der Waals surface area contributed by atoms with Crippen molar-refractivity contribution in [1.82, 2.24) is 15.0 Å². The molecular weight excluding hydrogens is 248 g/mol. The average Bonchev–Trinajstić information content (AvgIpc) is 2.81. The van der Waals surface area contributed by atoms with Gasteiger partial charge in [0.1, 0.15) is 6.07 Å². The van der Waals surface area contributed by atoms with Crippen LogP contribution in [-0.2, 0) is 5.41 Å². The molecule has 1 aromatic heterocycles. The van der Waals surface area contributed by atoms with Gasteiger partial charge in [-0.2, -0.15) is 5.26 Å². The summed E-state index contributed by atoms with van der Waals surface area (Å²) in [5.74, 6) is 0.196. The Morgan fingerprint density at radius 3 is 2.20 bits per heavy atom. The summed E-state index contributed by atoms with van der Waals surface area (Å²) in [6, 6.07) is 10.4. The van der Waals surface area contributed by atoms with Crippen LogP contribution in [0, 0.1) is 11.3 Å². The fraction of sp³-hybridized carbons (Fsp3) is 0.438. The molecule has 4 nitrogen and oxygen atoms in total. The lowest BCUT2D eigenvalue weighted by Crippen LogP contribution is -2.11. The van der Waals surface area contributed by atoms with Crippen molar-refractivity contribution in [2.45, 2.75) is 46.0 Å². The van der Waals surface area contributed by atoms with Gasteiger partial charge in [0.25, 0.3) is 0 Å². The molecule has 2 aromatic rings. The molecule has 0 saturated carbocycles. The Hall–Kier alpha value is -2.15. The van der Waals surface area contributed by atoms with Crippen molar-refractivity contribution in [1.29, 1.82) is 5.26 Å². The molecule has 1 aromatic carbocycles. The van der Waals surface area contributed by atoms with Crippen molar-refractivity contribution in [2.24, 2.45) is 0 Å². The highest BCUT2D eigenvalue weighted by Crippen LogP contribution is 2.25. The second-order valence-corrected chi connectivity index (χ2v) is 6.30. The summed E-state index contributed by atoms with van der Waals surface area (Å²) in [5, 5.41) is 17.2. The molecule has 0 amide bonds. The van der Waals surface area contributed by atoms with E-state index in [1.807, 2.05) is 26.0 Å². The van der Waals surface area contributed by atoms with Crippen LogP contribution in [0.25, 0.3) is 5.69 Å². The second kappa shape index (κ2) is 5.09. The molecule has 20 heavy (non-hydrogen) atoms. The molecule has 0 atom stereocenters. The summed E-state index contributed by atoms with van der Waals surface area (Å²) < 4.78 is 1.76. The minimum absolute atomic E-state index is 0.125. The van der Waals surface area contributed by atoms with Crippen LogP contribution in [0.15, 0.2) is 24.3 Å². The lowest BCUT2D eigenvalue weighted by molar-refractivity contribution is 0.589. The van der Waals surface area contributed by atoms with Crippen LogP contribution < -0.4 is 0 Å². The van der Waals surface area contributed by atoms with Gasteiger partial charge < -0.3 is 0 Å². The van der Waals surface area contributed by atoms with Gasteiger partial charge in [-0.1, -0.05) is 52.0 Å². The van der Waals surface area contributed by atoms with E-state index in [1.165, 1.54) is 5.56 Å². The highest BCUT2D eigenvalue weighted by atomic mass is 15.4. The number of benzene rings is 1. The van der Waals surface area contributed by atoms with Crippen molar-refractivity contribution < 1.29 is 0 Å². The third-order valence-corrected chi connectivity index (χ3v) is 3.34. The fourth-order valence-electron chi connectivity index (χ4n) is 2.18. The highest BCUT2D eigenvalue weighted by molar-refractivity contribution is 5.40. The van der Waals surface area contributed by atoms with Crippen LogP contribution in [-0.4, -0.2) is 15.0 Å². The molecular formula is C16H20N4. The first-order valence-corrected chi connectivity index (χ1v) is 6.81. The van der Waals surface area contributed by atoms with Gasteiger partial charge in [-0.15, -0.1) is 5.10 Å². The maximum absolute atomic E-state index is 9.11. The van der Waals surface area contributed by atoms with Crippen LogP contribution in [0.3, 0.4) is 0 Å². The Labute approximate surface area is 120 Å². The van der Waals surface area contributed by atoms with Gasteiger partial charge in [-0.05, 0) is 29.0 Å². The number of hydrogen-bond donors (Lipinski definition) is 0. The van der Waals surface area contributed by atoms with Crippen molar-refractivity contribution >= 4 is 0 Å². The third-order valence-electron chi connectivity index (χ3n) is 3.34. The van der Waals surface area contributed by atoms with E-state index >= 15 is 0 Å². The molecule has 0 radical (unpaired) electrons. The lowest BCUT2D eigenvalue weighted by Gasteiger charge is -2.19. The number of aromatic nitrogens is 3. The fourth-order valence-corrected chi connectivity index (χ4v) is 2.18. The van der Waals surface area contributed by atoms with E-state index in [0.717, 1.165) is 11.4 Å². The van der Waals surface area contributed by atoms with Crippen LogP contribution in [0.4, 0.5) is 0 Å². The maximum atomic E-state index is 9.11. The van der Waals surface area contributed by atoms with Crippen LogP contribution in [0.1, 0.15) is 57.5 Å². The minimum Gasteiger partial charge on any atom is -0.216 e. The van der Waals surface area contributed by atoms with Crippen LogP contribution in [0.5, 0.6) is 0 Å². The molecule has 0 N–H and O–H groups in total. The summed E-state index contributed by atoms with van der Waals surface area (Å²) in [6.45, 7) is 10.6. The Kier molecular flexibility index (Phi) is 3.63. The second-order valence-electron chi connectivity index (χ2n) is 6.30. The van der Waals surface area contributed by atoms with E-state index in [0.29, 0.717) is 5.69 Å². The normalized spacial score (nSPS) is 11.7. The Bertz CT molecular complexity index is 637. The molecule has 0 fully saturated rings. The zero-order chi connectivity index (χ0) is 14.9. The predicted octanol–water partition coefficient (Wildman–Crippen LogP) is 3.56. The highest BCUT2D eigenvalue weighted by Gasteiger charge is 2.18.